The highest BCUT2D eigenvalue weighted by molar-refractivity contribution is 6.23. The summed E-state index contributed by atoms with van der Waals surface area (Å²) in [5, 5.41) is 2.84. The number of hydrogen-bond acceptors (Lipinski definition) is 4. The van der Waals surface area contributed by atoms with Crippen LogP contribution in [0.15, 0.2) is 60.7 Å². The van der Waals surface area contributed by atoms with Crippen LogP contribution in [-0.4, -0.2) is 24.8 Å². The zero-order valence-corrected chi connectivity index (χ0v) is 17.0. The molecule has 0 unspecified atom stereocenters. The Morgan fingerprint density at radius 1 is 0.968 bits per heavy atom. The quantitative estimate of drug-likeness (QED) is 0.614. The number of hydrogen-bond donors (Lipinski definition) is 1. The van der Waals surface area contributed by atoms with Gasteiger partial charge in [0.05, 0.1) is 24.6 Å². The number of methoxy groups -OCH3 is 1. The highest BCUT2D eigenvalue weighted by Crippen LogP contribution is 2.65. The number of rotatable bonds is 4. The number of allylic oxidation sites excluding steroid dienone is 2. The number of carbonyl (C=O) groups is 3. The van der Waals surface area contributed by atoms with E-state index in [1.54, 1.807) is 55.6 Å². The second-order valence-electron chi connectivity index (χ2n) is 8.90. The van der Waals surface area contributed by atoms with Crippen LogP contribution in [-0.2, 0) is 9.59 Å². The lowest BCUT2D eigenvalue weighted by atomic mass is 9.63. The summed E-state index contributed by atoms with van der Waals surface area (Å²) in [5.74, 6) is 1.08. The summed E-state index contributed by atoms with van der Waals surface area (Å²) in [6, 6.07) is 13.8. The molecule has 6 atom stereocenters. The fourth-order valence-corrected chi connectivity index (χ4v) is 5.90. The fourth-order valence-electron chi connectivity index (χ4n) is 5.90. The van der Waals surface area contributed by atoms with Crippen molar-refractivity contribution in [2.24, 2.45) is 35.5 Å². The van der Waals surface area contributed by atoms with E-state index in [0.29, 0.717) is 34.5 Å². The summed E-state index contributed by atoms with van der Waals surface area (Å²) >= 11 is 0. The van der Waals surface area contributed by atoms with Crippen molar-refractivity contribution in [2.75, 3.05) is 17.3 Å². The Balaban J connectivity index is 1.27. The van der Waals surface area contributed by atoms with Gasteiger partial charge in [0.1, 0.15) is 5.75 Å². The Morgan fingerprint density at radius 2 is 1.65 bits per heavy atom. The minimum Gasteiger partial charge on any atom is -0.497 e. The first kappa shape index (κ1) is 18.4. The molecule has 5 aliphatic rings. The Labute approximate surface area is 179 Å². The van der Waals surface area contributed by atoms with Crippen molar-refractivity contribution in [2.45, 2.75) is 6.42 Å². The Bertz CT molecular complexity index is 1120. The van der Waals surface area contributed by atoms with Gasteiger partial charge in [-0.05, 0) is 60.4 Å². The number of carbonyl (C=O) groups excluding carboxylic acids is 3. The summed E-state index contributed by atoms with van der Waals surface area (Å²) in [6.45, 7) is 0. The van der Waals surface area contributed by atoms with Gasteiger partial charge in [-0.2, -0.15) is 0 Å². The molecule has 2 aromatic carbocycles. The Kier molecular flexibility index (Phi) is 3.88. The van der Waals surface area contributed by atoms with Crippen molar-refractivity contribution in [3.8, 4) is 5.75 Å². The van der Waals surface area contributed by atoms with Crippen LogP contribution in [0.1, 0.15) is 16.8 Å². The molecule has 3 fully saturated rings. The van der Waals surface area contributed by atoms with Crippen LogP contribution < -0.4 is 15.0 Å². The average Bonchev–Trinajstić information content (AvgIpc) is 3.57. The first-order valence-electron chi connectivity index (χ1n) is 10.7. The van der Waals surface area contributed by atoms with Gasteiger partial charge >= 0.3 is 0 Å². The molecule has 156 valence electrons. The number of nitrogens with zero attached hydrogens (tertiary/aromatic N) is 1. The van der Waals surface area contributed by atoms with Crippen LogP contribution in [0.4, 0.5) is 11.4 Å². The third-order valence-corrected chi connectivity index (χ3v) is 7.36. The average molecular weight is 414 g/mol. The van der Waals surface area contributed by atoms with E-state index in [4.69, 9.17) is 4.74 Å². The molecule has 6 nitrogen and oxygen atoms in total. The van der Waals surface area contributed by atoms with Gasteiger partial charge in [-0.15, -0.1) is 0 Å². The maximum Gasteiger partial charge on any atom is 0.255 e. The van der Waals surface area contributed by atoms with Crippen molar-refractivity contribution >= 4 is 29.1 Å². The minimum atomic E-state index is -0.311. The monoisotopic (exact) mass is 414 g/mol. The number of ether oxygens (including phenoxy) is 1. The van der Waals surface area contributed by atoms with Crippen molar-refractivity contribution in [1.29, 1.82) is 0 Å². The van der Waals surface area contributed by atoms with Crippen molar-refractivity contribution in [1.82, 2.24) is 0 Å². The molecule has 1 saturated heterocycles. The second kappa shape index (κ2) is 6.54. The van der Waals surface area contributed by atoms with E-state index in [2.05, 4.69) is 17.5 Å². The number of nitrogens with one attached hydrogen (secondary N) is 1. The molecule has 1 N–H and O–H groups in total. The predicted molar refractivity (Wildman–Crippen MR) is 115 cm³/mol. The predicted octanol–water partition coefficient (Wildman–Crippen LogP) is 3.51. The fraction of sp³-hybridized carbons (Fsp3) is 0.320. The third kappa shape index (κ3) is 2.67. The van der Waals surface area contributed by atoms with Crippen molar-refractivity contribution < 1.29 is 19.1 Å². The highest BCUT2D eigenvalue weighted by atomic mass is 16.5. The topological polar surface area (TPSA) is 75.7 Å². The molecule has 31 heavy (non-hydrogen) atoms. The van der Waals surface area contributed by atoms with E-state index < -0.39 is 0 Å². The molecule has 0 spiro atoms. The lowest BCUT2D eigenvalue weighted by Crippen LogP contribution is -2.40. The molecule has 1 heterocycles. The summed E-state index contributed by atoms with van der Waals surface area (Å²) in [4.78, 5) is 40.7. The summed E-state index contributed by atoms with van der Waals surface area (Å²) in [6.07, 6.45) is 5.45. The molecule has 0 radical (unpaired) electrons. The Morgan fingerprint density at radius 3 is 2.32 bits per heavy atom. The van der Waals surface area contributed by atoms with Gasteiger partial charge in [-0.25, -0.2) is 4.90 Å². The van der Waals surface area contributed by atoms with Gasteiger partial charge in [0.25, 0.3) is 5.91 Å². The van der Waals surface area contributed by atoms with Gasteiger partial charge in [-0.1, -0.05) is 24.3 Å². The van der Waals surface area contributed by atoms with Crippen LogP contribution in [0.2, 0.25) is 0 Å². The zero-order chi connectivity index (χ0) is 21.3. The van der Waals surface area contributed by atoms with E-state index in [-0.39, 0.29) is 41.4 Å². The molecular formula is C25H22N2O4. The standard InChI is InChI=1S/C25H22N2O4/c1-31-16-7-3-5-14(11-16)26-23(28)13-4-2-6-15(10-13)27-24(29)21-17-8-9-18(20-12-19(17)20)22(21)25(27)30/h2-11,17-22H,12H2,1H3,(H,26,28)/t17-,18-,19-,20+,21+,22+/m0/s1. The second-order valence-corrected chi connectivity index (χ2v) is 8.90. The molecule has 2 aromatic rings. The maximum atomic E-state index is 13.3. The first-order chi connectivity index (χ1) is 15.1. The van der Waals surface area contributed by atoms with Crippen LogP contribution in [0.3, 0.4) is 0 Å². The summed E-state index contributed by atoms with van der Waals surface area (Å²) in [5.41, 5.74) is 1.46. The van der Waals surface area contributed by atoms with Crippen LogP contribution in [0, 0.1) is 35.5 Å². The molecule has 2 saturated carbocycles. The third-order valence-electron chi connectivity index (χ3n) is 7.36. The lowest BCUT2D eigenvalue weighted by molar-refractivity contribution is -0.124. The highest BCUT2D eigenvalue weighted by Gasteiger charge is 2.67. The first-order valence-corrected chi connectivity index (χ1v) is 10.7. The smallest absolute Gasteiger partial charge is 0.255 e. The number of amides is 3. The molecule has 6 heteroatoms. The van der Waals surface area contributed by atoms with Crippen molar-refractivity contribution in [3.05, 3.63) is 66.2 Å². The van der Waals surface area contributed by atoms with Gasteiger partial charge in [0.15, 0.2) is 0 Å². The normalized spacial score (nSPS) is 32.0. The van der Waals surface area contributed by atoms with E-state index >= 15 is 0 Å². The van der Waals surface area contributed by atoms with Crippen LogP contribution >= 0.6 is 0 Å². The zero-order valence-electron chi connectivity index (χ0n) is 17.0. The number of benzene rings is 2. The van der Waals surface area contributed by atoms with Crippen molar-refractivity contribution in [3.63, 3.8) is 0 Å². The minimum absolute atomic E-state index is 0.120. The van der Waals surface area contributed by atoms with Gasteiger partial charge in [0.2, 0.25) is 11.8 Å². The van der Waals surface area contributed by atoms with E-state index in [1.165, 1.54) is 4.90 Å². The molecular weight excluding hydrogens is 392 g/mol. The van der Waals surface area contributed by atoms with E-state index in [0.717, 1.165) is 6.42 Å². The van der Waals surface area contributed by atoms with E-state index in [1.807, 2.05) is 0 Å². The van der Waals surface area contributed by atoms with E-state index in [9.17, 15) is 14.4 Å². The SMILES string of the molecule is COc1cccc(NC(=O)c2cccc(N3C(=O)[C@@H]4[C@H]5C=C[C@@H]([C@@H]6C[C@H]56)[C@H]4C3=O)c2)c1. The van der Waals surface area contributed by atoms with Crippen LogP contribution in [0.25, 0.3) is 0 Å². The van der Waals surface area contributed by atoms with Crippen LogP contribution in [0.5, 0.6) is 5.75 Å². The molecule has 7 rings (SSSR count). The molecule has 3 amide bonds. The Hall–Kier alpha value is -3.41. The largest absolute Gasteiger partial charge is 0.497 e. The lowest BCUT2D eigenvalue weighted by Gasteiger charge is -2.37. The molecule has 2 bridgehead atoms. The molecule has 4 aliphatic carbocycles. The maximum absolute atomic E-state index is 13.3. The van der Waals surface area contributed by atoms with Gasteiger partial charge < -0.3 is 10.1 Å². The molecule has 1 aliphatic heterocycles. The van der Waals surface area contributed by atoms with Gasteiger partial charge in [-0.3, -0.25) is 14.4 Å². The molecule has 0 aromatic heterocycles. The van der Waals surface area contributed by atoms with Gasteiger partial charge in [0, 0.05) is 17.3 Å². The number of imide groups is 1. The summed E-state index contributed by atoms with van der Waals surface area (Å²) < 4.78 is 5.19. The number of anilines is 2. The summed E-state index contributed by atoms with van der Waals surface area (Å²) in [7, 11) is 1.57.